The number of fused-ring (bicyclic) bond motifs is 6. The minimum atomic E-state index is 0.0760. The average Bonchev–Trinajstić information content (AvgIpc) is 3.86. The molecule has 0 saturated heterocycles. The molecule has 1 nitrogen and oxygen atoms in total. The fourth-order valence-corrected chi connectivity index (χ4v) is 10.6. The number of hydrogen-bond donors (Lipinski definition) is 0. The van der Waals surface area contributed by atoms with Gasteiger partial charge in [-0.3, -0.25) is 0 Å². The van der Waals surface area contributed by atoms with Gasteiger partial charge in [0.25, 0.3) is 0 Å². The summed E-state index contributed by atoms with van der Waals surface area (Å²) in [5, 5.41) is 2.37. The predicted octanol–water partition coefficient (Wildman–Crippen LogP) is 19.8. The molecule has 1 heteroatoms. The summed E-state index contributed by atoms with van der Waals surface area (Å²) >= 11 is 0. The van der Waals surface area contributed by atoms with Gasteiger partial charge in [0.1, 0.15) is 11.2 Å². The van der Waals surface area contributed by atoms with Crippen molar-refractivity contribution in [3.8, 4) is 55.6 Å². The fraction of sp³-hybridized carbons (Fsp3) is 0.217. The van der Waals surface area contributed by atoms with Crippen LogP contribution >= 0.6 is 0 Å². The zero-order chi connectivity index (χ0) is 48.9. The van der Waals surface area contributed by atoms with Crippen LogP contribution in [0.1, 0.15) is 97.0 Å². The van der Waals surface area contributed by atoms with Crippen molar-refractivity contribution in [3.05, 3.63) is 238 Å². The Hall–Kier alpha value is -7.22. The molecule has 0 atom stereocenters. The molecule has 0 bridgehead atoms. The van der Waals surface area contributed by atoms with Crippen LogP contribution in [0, 0.1) is 34.6 Å². The van der Waals surface area contributed by atoms with Crippen molar-refractivity contribution in [2.45, 2.75) is 99.8 Å². The van der Waals surface area contributed by atoms with Crippen molar-refractivity contribution in [2.75, 3.05) is 0 Å². The topological polar surface area (TPSA) is 13.1 Å². The van der Waals surface area contributed by atoms with Gasteiger partial charge in [0.15, 0.2) is 0 Å². The van der Waals surface area contributed by atoms with Crippen molar-refractivity contribution in [2.24, 2.45) is 0 Å². The SMILES string of the molecule is CCCCc1ccccc1-c1cc(-c2ccc(C)cc2)ccc1C.CCCc1ccc(-c2cccc3c2oc2ccccc23)cc1.Cc1cccc(-c2ccc3c(c2)-c2c(C)cc(C)cc2C3(C)C)c1. The van der Waals surface area contributed by atoms with Crippen LogP contribution in [-0.4, -0.2) is 0 Å². The van der Waals surface area contributed by atoms with Crippen LogP contribution in [0.25, 0.3) is 77.6 Å². The molecule has 9 aromatic carbocycles. The summed E-state index contributed by atoms with van der Waals surface area (Å²) in [4.78, 5) is 0. The Morgan fingerprint density at radius 3 is 1.81 bits per heavy atom. The maximum absolute atomic E-state index is 6.12. The molecule has 10 aromatic rings. The minimum absolute atomic E-state index is 0.0760. The van der Waals surface area contributed by atoms with Crippen LogP contribution < -0.4 is 0 Å². The zero-order valence-electron chi connectivity index (χ0n) is 42.8. The van der Waals surface area contributed by atoms with Crippen molar-refractivity contribution in [3.63, 3.8) is 0 Å². The molecule has 0 N–H and O–H groups in total. The smallest absolute Gasteiger partial charge is 0.143 e. The lowest BCUT2D eigenvalue weighted by Crippen LogP contribution is -2.15. The highest BCUT2D eigenvalue weighted by atomic mass is 16.3. The van der Waals surface area contributed by atoms with Crippen LogP contribution in [0.15, 0.2) is 192 Å². The van der Waals surface area contributed by atoms with E-state index < -0.39 is 0 Å². The normalized spacial score (nSPS) is 12.2. The number of benzene rings is 9. The van der Waals surface area contributed by atoms with E-state index in [9.17, 15) is 0 Å². The highest BCUT2D eigenvalue weighted by molar-refractivity contribution is 6.09. The lowest BCUT2D eigenvalue weighted by molar-refractivity contribution is 0.659. The van der Waals surface area contributed by atoms with Gasteiger partial charge in [-0.2, -0.15) is 0 Å². The molecular formula is C69H68O. The van der Waals surface area contributed by atoms with E-state index in [0.29, 0.717) is 0 Å². The molecule has 1 aliphatic carbocycles. The van der Waals surface area contributed by atoms with Gasteiger partial charge in [-0.1, -0.05) is 227 Å². The van der Waals surface area contributed by atoms with E-state index in [1.807, 2.05) is 12.1 Å². The van der Waals surface area contributed by atoms with E-state index in [4.69, 9.17) is 4.42 Å². The fourth-order valence-electron chi connectivity index (χ4n) is 10.6. The summed E-state index contributed by atoms with van der Waals surface area (Å²) < 4.78 is 6.12. The number of hydrogen-bond acceptors (Lipinski definition) is 1. The standard InChI is InChI=1S/C24H24.C24H26.C21H18O/c1-15-7-6-8-18(12-15)19-9-10-21-20(14-19)23-17(3)11-16(2)13-22(23)24(21,4)5;1-4-5-8-21-9-6-7-10-23(21)24-17-22(16-13-19(24)3)20-14-11-18(2)12-15-20;1-2-6-15-11-13-16(14-12-15)17-8-5-9-19-18-7-3-4-10-20(18)22-21(17)19/h6-14H,1-5H3;6-7,9-17H,4-5,8H2,1-3H3;3-5,7-14H,2,6H2,1H3. The van der Waals surface area contributed by atoms with E-state index >= 15 is 0 Å². The lowest BCUT2D eigenvalue weighted by Gasteiger charge is -2.22. The van der Waals surface area contributed by atoms with Crippen molar-refractivity contribution in [1.82, 2.24) is 0 Å². The van der Waals surface area contributed by atoms with Crippen LogP contribution in [0.5, 0.6) is 0 Å². The summed E-state index contributed by atoms with van der Waals surface area (Å²) in [7, 11) is 0. The molecule has 1 aliphatic rings. The van der Waals surface area contributed by atoms with Gasteiger partial charge in [0.05, 0.1) is 0 Å². The van der Waals surface area contributed by atoms with E-state index in [2.05, 4.69) is 238 Å². The first-order chi connectivity index (χ1) is 33.9. The van der Waals surface area contributed by atoms with Crippen LogP contribution in [-0.2, 0) is 18.3 Å². The van der Waals surface area contributed by atoms with Crippen molar-refractivity contribution < 1.29 is 4.42 Å². The van der Waals surface area contributed by atoms with Gasteiger partial charge in [-0.05, 0) is 156 Å². The highest BCUT2D eigenvalue weighted by Crippen LogP contribution is 2.51. The van der Waals surface area contributed by atoms with Crippen LogP contribution in [0.4, 0.5) is 0 Å². The number of aryl methyl sites for hydroxylation is 7. The maximum Gasteiger partial charge on any atom is 0.143 e. The first kappa shape index (κ1) is 47.8. The monoisotopic (exact) mass is 913 g/mol. The number of para-hydroxylation sites is 2. The molecule has 0 unspecified atom stereocenters. The first-order valence-electron chi connectivity index (χ1n) is 25.5. The van der Waals surface area contributed by atoms with Gasteiger partial charge < -0.3 is 4.42 Å². The molecule has 11 rings (SSSR count). The van der Waals surface area contributed by atoms with E-state index in [-0.39, 0.29) is 5.41 Å². The van der Waals surface area contributed by atoms with Gasteiger partial charge >= 0.3 is 0 Å². The van der Waals surface area contributed by atoms with E-state index in [1.165, 1.54) is 130 Å². The third kappa shape index (κ3) is 9.95. The Morgan fingerprint density at radius 2 is 1.04 bits per heavy atom. The Kier molecular flexibility index (Phi) is 14.2. The van der Waals surface area contributed by atoms with Crippen molar-refractivity contribution >= 4 is 21.9 Å². The maximum atomic E-state index is 6.12. The Bertz CT molecular complexity index is 3430. The molecule has 0 radical (unpaired) electrons. The Labute approximate surface area is 417 Å². The highest BCUT2D eigenvalue weighted by Gasteiger charge is 2.36. The number of unbranched alkanes of at least 4 members (excludes halogenated alkanes) is 1. The van der Waals surface area contributed by atoms with Gasteiger partial charge in [-0.25, -0.2) is 0 Å². The number of rotatable bonds is 9. The van der Waals surface area contributed by atoms with Crippen molar-refractivity contribution in [1.29, 1.82) is 0 Å². The molecule has 0 fully saturated rings. The minimum Gasteiger partial charge on any atom is -0.455 e. The molecule has 1 aromatic heterocycles. The Morgan fingerprint density at radius 1 is 0.400 bits per heavy atom. The zero-order valence-corrected chi connectivity index (χ0v) is 42.8. The van der Waals surface area contributed by atoms with Gasteiger partial charge in [-0.15, -0.1) is 0 Å². The number of furan rings is 1. The quantitative estimate of drug-likeness (QED) is 0.141. The molecule has 1 heterocycles. The van der Waals surface area contributed by atoms with Crippen LogP contribution in [0.3, 0.4) is 0 Å². The lowest BCUT2D eigenvalue weighted by atomic mass is 9.81. The second-order valence-corrected chi connectivity index (χ2v) is 20.1. The molecule has 0 amide bonds. The average molecular weight is 913 g/mol. The summed E-state index contributed by atoms with van der Waals surface area (Å²) in [6.45, 7) is 20.1. The predicted molar refractivity (Wildman–Crippen MR) is 302 cm³/mol. The van der Waals surface area contributed by atoms with Gasteiger partial charge in [0, 0.05) is 21.8 Å². The summed E-state index contributed by atoms with van der Waals surface area (Å²) in [6, 6.07) is 68.4. The van der Waals surface area contributed by atoms with E-state index in [0.717, 1.165) is 29.6 Å². The molecule has 0 saturated carbocycles. The largest absolute Gasteiger partial charge is 0.455 e. The Balaban J connectivity index is 0.000000130. The molecule has 0 spiro atoms. The summed E-state index contributed by atoms with van der Waals surface area (Å²) in [5.41, 5.74) is 27.6. The summed E-state index contributed by atoms with van der Waals surface area (Å²) in [6.07, 6.45) is 5.94. The first-order valence-corrected chi connectivity index (χ1v) is 25.5. The third-order valence-corrected chi connectivity index (χ3v) is 14.4. The molecule has 350 valence electrons. The third-order valence-electron chi connectivity index (χ3n) is 14.4. The summed E-state index contributed by atoms with van der Waals surface area (Å²) in [5.74, 6) is 0. The second kappa shape index (κ2) is 20.8. The van der Waals surface area contributed by atoms with Gasteiger partial charge in [0.2, 0.25) is 0 Å². The molecule has 70 heavy (non-hydrogen) atoms. The molecular weight excluding hydrogens is 845 g/mol. The molecule has 0 aliphatic heterocycles. The van der Waals surface area contributed by atoms with E-state index in [1.54, 1.807) is 0 Å². The van der Waals surface area contributed by atoms with Crippen LogP contribution in [0.2, 0.25) is 0 Å². The second-order valence-electron chi connectivity index (χ2n) is 20.1.